The van der Waals surface area contributed by atoms with Gasteiger partial charge in [-0.15, -0.1) is 0 Å². The van der Waals surface area contributed by atoms with Crippen LogP contribution in [0.5, 0.6) is 0 Å². The fraction of sp³-hybridized carbons (Fsp3) is 0. The first-order valence-corrected chi connectivity index (χ1v) is 8.57. The average Bonchev–Trinajstić information content (AvgIpc) is 2.74. The predicted molar refractivity (Wildman–Crippen MR) is 108 cm³/mol. The van der Waals surface area contributed by atoms with Gasteiger partial charge in [-0.05, 0) is 53.6 Å². The third-order valence-electron chi connectivity index (χ3n) is 4.14. The van der Waals surface area contributed by atoms with Gasteiger partial charge in [0.1, 0.15) is 0 Å². The number of hydrogen-bond acceptors (Lipinski definition) is 1. The highest BCUT2D eigenvalue weighted by molar-refractivity contribution is 5.72. The smallest absolute Gasteiger partial charge is 0.0702 e. The van der Waals surface area contributed by atoms with E-state index >= 15 is 0 Å². The first-order valence-electron chi connectivity index (χ1n) is 8.57. The monoisotopic (exact) mass is 331 g/mol. The van der Waals surface area contributed by atoms with Gasteiger partial charge in [-0.3, -0.25) is 4.98 Å². The fourth-order valence-corrected chi connectivity index (χ4v) is 2.83. The Labute approximate surface area is 154 Å². The Morgan fingerprint density at radius 3 is 1.96 bits per heavy atom. The van der Waals surface area contributed by atoms with E-state index in [4.69, 9.17) is 0 Å². The molecule has 0 amide bonds. The Kier molecular flexibility index (Phi) is 4.58. The molecule has 1 nitrogen and oxygen atoms in total. The van der Waals surface area contributed by atoms with E-state index < -0.39 is 0 Å². The van der Waals surface area contributed by atoms with Crippen LogP contribution in [0.1, 0.15) is 11.1 Å². The topological polar surface area (TPSA) is 12.9 Å². The Morgan fingerprint density at radius 2 is 1.15 bits per heavy atom. The summed E-state index contributed by atoms with van der Waals surface area (Å²) in [5.41, 5.74) is 6.45. The Morgan fingerprint density at radius 1 is 0.500 bits per heavy atom. The van der Waals surface area contributed by atoms with E-state index in [2.05, 4.69) is 59.3 Å². The maximum absolute atomic E-state index is 4.44. The maximum atomic E-state index is 4.44. The molecule has 3 aromatic carbocycles. The first-order chi connectivity index (χ1) is 12.9. The molecule has 0 aliphatic rings. The number of aromatic nitrogens is 1. The molecular formula is C25H17N. The number of hydrogen-bond donors (Lipinski definition) is 0. The molecule has 0 saturated heterocycles. The van der Waals surface area contributed by atoms with E-state index in [0.717, 1.165) is 33.5 Å². The van der Waals surface area contributed by atoms with Crippen LogP contribution in [0, 0.1) is 11.8 Å². The molecule has 0 unspecified atom stereocenters. The van der Waals surface area contributed by atoms with Gasteiger partial charge in [0.15, 0.2) is 0 Å². The van der Waals surface area contributed by atoms with E-state index in [1.54, 1.807) is 0 Å². The number of rotatable bonds is 2. The molecule has 1 heteroatoms. The lowest BCUT2D eigenvalue weighted by atomic mass is 10.00. The highest BCUT2D eigenvalue weighted by atomic mass is 14.7. The third-order valence-corrected chi connectivity index (χ3v) is 4.14. The minimum atomic E-state index is 0.981. The van der Waals surface area contributed by atoms with Crippen LogP contribution in [0.3, 0.4) is 0 Å². The van der Waals surface area contributed by atoms with Gasteiger partial charge in [-0.25, -0.2) is 0 Å². The van der Waals surface area contributed by atoms with Crippen LogP contribution in [0.2, 0.25) is 0 Å². The largest absolute Gasteiger partial charge is 0.256 e. The summed E-state index contributed by atoms with van der Waals surface area (Å²) in [6.45, 7) is 0. The highest BCUT2D eigenvalue weighted by Crippen LogP contribution is 2.25. The molecule has 4 rings (SSSR count). The van der Waals surface area contributed by atoms with Gasteiger partial charge >= 0.3 is 0 Å². The molecule has 0 aliphatic carbocycles. The molecule has 0 aliphatic heterocycles. The van der Waals surface area contributed by atoms with Crippen molar-refractivity contribution in [3.05, 3.63) is 114 Å². The van der Waals surface area contributed by atoms with Crippen molar-refractivity contribution in [2.24, 2.45) is 0 Å². The number of nitrogens with zero attached hydrogens (tertiary/aromatic N) is 1. The third kappa shape index (κ3) is 3.71. The maximum Gasteiger partial charge on any atom is 0.0702 e. The lowest BCUT2D eigenvalue weighted by Gasteiger charge is -2.06. The van der Waals surface area contributed by atoms with Gasteiger partial charge < -0.3 is 0 Å². The molecule has 0 fully saturated rings. The molecule has 0 radical (unpaired) electrons. The van der Waals surface area contributed by atoms with Crippen LogP contribution in [0.15, 0.2) is 103 Å². The summed E-state index contributed by atoms with van der Waals surface area (Å²) in [6.07, 6.45) is 1.82. The van der Waals surface area contributed by atoms with Crippen LogP contribution in [0.25, 0.3) is 22.4 Å². The van der Waals surface area contributed by atoms with Crippen molar-refractivity contribution in [2.75, 3.05) is 0 Å². The van der Waals surface area contributed by atoms with Gasteiger partial charge in [-0.2, -0.15) is 0 Å². The Hall–Kier alpha value is -3.63. The van der Waals surface area contributed by atoms with Crippen molar-refractivity contribution < 1.29 is 0 Å². The standard InChI is InChI=1S/C25H17N/c1-2-8-20(9-3-1)15-16-21-10-6-11-22(18-21)23-12-7-13-24(19-23)25-14-4-5-17-26-25/h1-14,17-19H. The summed E-state index contributed by atoms with van der Waals surface area (Å²) in [7, 11) is 0. The highest BCUT2D eigenvalue weighted by Gasteiger charge is 2.02. The predicted octanol–water partition coefficient (Wildman–Crippen LogP) is 5.82. The summed E-state index contributed by atoms with van der Waals surface area (Å²) in [5, 5.41) is 0. The van der Waals surface area contributed by atoms with Crippen molar-refractivity contribution in [3.63, 3.8) is 0 Å². The second kappa shape index (κ2) is 7.51. The normalized spacial score (nSPS) is 10.0. The van der Waals surface area contributed by atoms with E-state index in [0.29, 0.717) is 0 Å². The van der Waals surface area contributed by atoms with Crippen molar-refractivity contribution in [1.82, 2.24) is 4.98 Å². The molecule has 122 valence electrons. The molecule has 0 bridgehead atoms. The zero-order valence-corrected chi connectivity index (χ0v) is 14.3. The van der Waals surface area contributed by atoms with Gasteiger partial charge in [-0.1, -0.05) is 66.4 Å². The lowest BCUT2D eigenvalue weighted by Crippen LogP contribution is -1.85. The van der Waals surface area contributed by atoms with Crippen molar-refractivity contribution >= 4 is 0 Å². The lowest BCUT2D eigenvalue weighted by molar-refractivity contribution is 1.33. The molecule has 0 atom stereocenters. The SMILES string of the molecule is C(#Cc1cccc(-c2cccc(-c3ccccn3)c2)c1)c1ccccc1. The summed E-state index contributed by atoms with van der Waals surface area (Å²) in [6, 6.07) is 32.8. The average molecular weight is 331 g/mol. The zero-order valence-electron chi connectivity index (χ0n) is 14.3. The zero-order chi connectivity index (χ0) is 17.6. The molecule has 26 heavy (non-hydrogen) atoms. The second-order valence-electron chi connectivity index (χ2n) is 5.99. The molecular weight excluding hydrogens is 314 g/mol. The Bertz CT molecular complexity index is 1070. The second-order valence-corrected chi connectivity index (χ2v) is 5.99. The quantitative estimate of drug-likeness (QED) is 0.422. The van der Waals surface area contributed by atoms with Crippen molar-refractivity contribution in [3.8, 4) is 34.2 Å². The summed E-state index contributed by atoms with van der Waals surface area (Å²) in [5.74, 6) is 6.47. The summed E-state index contributed by atoms with van der Waals surface area (Å²) in [4.78, 5) is 4.44. The minimum Gasteiger partial charge on any atom is -0.256 e. The van der Waals surface area contributed by atoms with Gasteiger partial charge in [0, 0.05) is 22.9 Å². The van der Waals surface area contributed by atoms with E-state index in [-0.39, 0.29) is 0 Å². The van der Waals surface area contributed by atoms with Gasteiger partial charge in [0.25, 0.3) is 0 Å². The number of benzene rings is 3. The molecule has 1 heterocycles. The van der Waals surface area contributed by atoms with Gasteiger partial charge in [0.2, 0.25) is 0 Å². The van der Waals surface area contributed by atoms with Crippen molar-refractivity contribution in [1.29, 1.82) is 0 Å². The van der Waals surface area contributed by atoms with Crippen LogP contribution in [-0.4, -0.2) is 4.98 Å². The number of pyridine rings is 1. The molecule has 1 aromatic heterocycles. The molecule has 0 spiro atoms. The minimum absolute atomic E-state index is 0.981. The fourth-order valence-electron chi connectivity index (χ4n) is 2.83. The van der Waals surface area contributed by atoms with E-state index in [1.165, 1.54) is 0 Å². The van der Waals surface area contributed by atoms with Crippen LogP contribution in [-0.2, 0) is 0 Å². The van der Waals surface area contributed by atoms with Crippen LogP contribution < -0.4 is 0 Å². The molecule has 0 saturated carbocycles. The van der Waals surface area contributed by atoms with Crippen LogP contribution in [0.4, 0.5) is 0 Å². The van der Waals surface area contributed by atoms with Gasteiger partial charge in [0.05, 0.1) is 5.69 Å². The molecule has 0 N–H and O–H groups in total. The van der Waals surface area contributed by atoms with Crippen LogP contribution >= 0.6 is 0 Å². The Balaban J connectivity index is 1.66. The van der Waals surface area contributed by atoms with Crippen molar-refractivity contribution in [2.45, 2.75) is 0 Å². The molecule has 4 aromatic rings. The first kappa shape index (κ1) is 15.9. The summed E-state index contributed by atoms with van der Waals surface area (Å²) >= 11 is 0. The van der Waals surface area contributed by atoms with E-state index in [1.807, 2.05) is 60.8 Å². The summed E-state index contributed by atoms with van der Waals surface area (Å²) < 4.78 is 0. The van der Waals surface area contributed by atoms with E-state index in [9.17, 15) is 0 Å².